The molecule has 144 valence electrons. The fourth-order valence-electron chi connectivity index (χ4n) is 3.58. The van der Waals surface area contributed by atoms with E-state index in [2.05, 4.69) is 0 Å². The molecular weight excluding hydrogens is 441 g/mol. The van der Waals surface area contributed by atoms with Crippen LogP contribution in [-0.2, 0) is 4.79 Å². The van der Waals surface area contributed by atoms with Gasteiger partial charge in [-0.2, -0.15) is 0 Å². The van der Waals surface area contributed by atoms with Crippen LogP contribution in [0.25, 0.3) is 0 Å². The second kappa shape index (κ2) is 11.4. The van der Waals surface area contributed by atoms with Gasteiger partial charge in [-0.25, -0.2) is 4.79 Å². The summed E-state index contributed by atoms with van der Waals surface area (Å²) in [5.74, 6) is 0.498. The Hall–Kier alpha value is -1.31. The second-order valence-electron chi connectivity index (χ2n) is 7.07. The normalized spacial score (nSPS) is 14.8. The first-order valence-electron chi connectivity index (χ1n) is 9.66. The highest BCUT2D eigenvalue weighted by atomic mass is 127. The van der Waals surface area contributed by atoms with Gasteiger partial charge in [0, 0.05) is 25.2 Å². The molecule has 0 bridgehead atoms. The number of anilines is 1. The van der Waals surface area contributed by atoms with E-state index in [9.17, 15) is 9.59 Å². The molecule has 0 aromatic heterocycles. The molecule has 0 aliphatic heterocycles. The number of nitrogens with zero attached hydrogens (tertiary/aromatic N) is 2. The Morgan fingerprint density at radius 1 is 1.04 bits per heavy atom. The number of carbonyl (C=O) groups excluding carboxylic acids is 2. The lowest BCUT2D eigenvalue weighted by Crippen LogP contribution is -2.39. The summed E-state index contributed by atoms with van der Waals surface area (Å²) in [7, 11) is 0. The molecule has 26 heavy (non-hydrogen) atoms. The predicted molar refractivity (Wildman–Crippen MR) is 114 cm³/mol. The summed E-state index contributed by atoms with van der Waals surface area (Å²) >= 11 is 2.04. The van der Waals surface area contributed by atoms with Crippen LogP contribution in [0.3, 0.4) is 0 Å². The van der Waals surface area contributed by atoms with Gasteiger partial charge < -0.3 is 5.73 Å². The lowest BCUT2D eigenvalue weighted by molar-refractivity contribution is -0.118. The molecule has 1 aromatic rings. The van der Waals surface area contributed by atoms with Crippen LogP contribution in [0.1, 0.15) is 57.8 Å². The minimum Gasteiger partial charge on any atom is -0.370 e. The molecule has 3 amide bonds. The third kappa shape index (κ3) is 7.13. The zero-order valence-corrected chi connectivity index (χ0v) is 17.6. The number of benzene rings is 1. The van der Waals surface area contributed by atoms with Crippen molar-refractivity contribution in [2.45, 2.75) is 57.8 Å². The van der Waals surface area contributed by atoms with Gasteiger partial charge in [-0.15, -0.1) is 0 Å². The average molecular weight is 471 g/mol. The molecule has 0 radical (unpaired) electrons. The third-order valence-corrected chi connectivity index (χ3v) is 5.90. The maximum atomic E-state index is 12.9. The fraction of sp³-hybridized carbons (Fsp3) is 0.600. The van der Waals surface area contributed by atoms with Gasteiger partial charge in [0.05, 0.1) is 22.9 Å². The van der Waals surface area contributed by atoms with Crippen molar-refractivity contribution in [3.05, 3.63) is 30.3 Å². The quantitative estimate of drug-likeness (QED) is 0.412. The Balaban J connectivity index is 1.92. The van der Waals surface area contributed by atoms with Crippen LogP contribution in [0.5, 0.6) is 0 Å². The van der Waals surface area contributed by atoms with E-state index in [0.29, 0.717) is 19.4 Å². The van der Waals surface area contributed by atoms with Crippen molar-refractivity contribution >= 4 is 40.5 Å². The second-order valence-corrected chi connectivity index (χ2v) is 8.24. The average Bonchev–Trinajstić information content (AvgIpc) is 2.66. The van der Waals surface area contributed by atoms with E-state index in [0.717, 1.165) is 24.6 Å². The van der Waals surface area contributed by atoms with Gasteiger partial charge in [-0.05, 0) is 37.3 Å². The number of hydrogen-bond acceptors (Lipinski definition) is 2. The molecule has 6 heteroatoms. The number of rotatable bonds is 9. The van der Waals surface area contributed by atoms with Gasteiger partial charge >= 0.3 is 6.03 Å². The van der Waals surface area contributed by atoms with Crippen molar-refractivity contribution < 1.29 is 9.59 Å². The summed E-state index contributed by atoms with van der Waals surface area (Å²) in [6, 6.07) is 9.81. The lowest BCUT2D eigenvalue weighted by atomic mass is 9.86. The van der Waals surface area contributed by atoms with Gasteiger partial charge in [0.15, 0.2) is 0 Å². The molecule has 0 spiro atoms. The third-order valence-electron chi connectivity index (χ3n) is 5.00. The summed E-state index contributed by atoms with van der Waals surface area (Å²) in [6.07, 6.45) is 9.88. The van der Waals surface area contributed by atoms with E-state index in [1.54, 1.807) is 3.11 Å². The molecule has 1 fully saturated rings. The van der Waals surface area contributed by atoms with E-state index >= 15 is 0 Å². The van der Waals surface area contributed by atoms with Crippen LogP contribution in [0.4, 0.5) is 10.5 Å². The van der Waals surface area contributed by atoms with Crippen LogP contribution in [-0.4, -0.2) is 28.1 Å². The number of carbonyl (C=O) groups is 2. The molecule has 0 unspecified atom stereocenters. The SMILES string of the molecule is NC(=O)CCCN(I)C(=O)N(CCCC1CCCCC1)c1ccccc1. The number of nitrogens with two attached hydrogens (primary N) is 1. The van der Waals surface area contributed by atoms with Gasteiger partial charge in [0.25, 0.3) is 0 Å². The number of halogens is 1. The van der Waals surface area contributed by atoms with E-state index in [-0.39, 0.29) is 11.9 Å². The lowest BCUT2D eigenvalue weighted by Gasteiger charge is -2.28. The largest absolute Gasteiger partial charge is 0.370 e. The van der Waals surface area contributed by atoms with Gasteiger partial charge in [-0.3, -0.25) is 12.8 Å². The molecule has 2 N–H and O–H groups in total. The summed E-state index contributed by atoms with van der Waals surface area (Å²) < 4.78 is 1.66. The molecule has 2 rings (SSSR count). The van der Waals surface area contributed by atoms with Gasteiger partial charge in [0.2, 0.25) is 5.91 Å². The zero-order chi connectivity index (χ0) is 18.8. The Labute approximate surface area is 170 Å². The van der Waals surface area contributed by atoms with Crippen molar-refractivity contribution in [1.82, 2.24) is 3.11 Å². The number of amides is 3. The fourth-order valence-corrected chi connectivity index (χ4v) is 4.18. The summed E-state index contributed by atoms with van der Waals surface area (Å²) in [6.45, 7) is 1.25. The number of para-hydroxylation sites is 1. The summed E-state index contributed by atoms with van der Waals surface area (Å²) in [5, 5.41) is 0. The monoisotopic (exact) mass is 471 g/mol. The maximum absolute atomic E-state index is 12.9. The van der Waals surface area contributed by atoms with Crippen molar-refractivity contribution in [1.29, 1.82) is 0 Å². The Morgan fingerprint density at radius 2 is 1.73 bits per heavy atom. The highest BCUT2D eigenvalue weighted by Gasteiger charge is 2.21. The predicted octanol–water partition coefficient (Wildman–Crippen LogP) is 4.89. The van der Waals surface area contributed by atoms with Crippen LogP contribution in [0.2, 0.25) is 0 Å². The van der Waals surface area contributed by atoms with E-state index in [4.69, 9.17) is 5.73 Å². The molecular formula is C20H30IN3O2. The first kappa shape index (κ1) is 21.0. The van der Waals surface area contributed by atoms with Crippen molar-refractivity contribution in [3.8, 4) is 0 Å². The highest BCUT2D eigenvalue weighted by Crippen LogP contribution is 2.28. The molecule has 0 heterocycles. The first-order valence-corrected chi connectivity index (χ1v) is 10.6. The number of urea groups is 1. The topological polar surface area (TPSA) is 66.6 Å². The smallest absolute Gasteiger partial charge is 0.333 e. The van der Waals surface area contributed by atoms with E-state index < -0.39 is 0 Å². The Morgan fingerprint density at radius 3 is 2.38 bits per heavy atom. The van der Waals surface area contributed by atoms with E-state index in [1.807, 2.05) is 58.1 Å². The molecule has 5 nitrogen and oxygen atoms in total. The molecule has 0 saturated heterocycles. The first-order chi connectivity index (χ1) is 12.6. The van der Waals surface area contributed by atoms with Crippen LogP contribution < -0.4 is 10.6 Å². The maximum Gasteiger partial charge on any atom is 0.333 e. The summed E-state index contributed by atoms with van der Waals surface area (Å²) in [4.78, 5) is 25.7. The van der Waals surface area contributed by atoms with Gasteiger partial charge in [0.1, 0.15) is 0 Å². The molecule has 1 saturated carbocycles. The number of primary amides is 1. The van der Waals surface area contributed by atoms with Crippen LogP contribution >= 0.6 is 22.9 Å². The minimum atomic E-state index is -0.324. The van der Waals surface area contributed by atoms with Crippen molar-refractivity contribution in [2.24, 2.45) is 11.7 Å². The van der Waals surface area contributed by atoms with Crippen molar-refractivity contribution in [3.63, 3.8) is 0 Å². The van der Waals surface area contributed by atoms with Crippen LogP contribution in [0.15, 0.2) is 30.3 Å². The zero-order valence-electron chi connectivity index (χ0n) is 15.4. The Kier molecular flexibility index (Phi) is 9.22. The molecule has 1 aliphatic carbocycles. The molecule has 1 aromatic carbocycles. The summed E-state index contributed by atoms with van der Waals surface area (Å²) in [5.41, 5.74) is 6.12. The molecule has 0 atom stereocenters. The van der Waals surface area contributed by atoms with E-state index in [1.165, 1.54) is 38.5 Å². The highest BCUT2D eigenvalue weighted by molar-refractivity contribution is 14.1. The Bertz CT molecular complexity index is 561. The number of hydrogen-bond donors (Lipinski definition) is 1. The van der Waals surface area contributed by atoms with Gasteiger partial charge in [-0.1, -0.05) is 50.3 Å². The standard InChI is InChI=1S/C20H30IN3O2/c21-24(16-8-14-19(22)25)20(26)23(18-12-5-2-6-13-18)15-7-11-17-9-3-1-4-10-17/h2,5-6,12-13,17H,1,3-4,7-11,14-16H2,(H2,22,25). The minimum absolute atomic E-state index is 0.0232. The van der Waals surface area contributed by atoms with Crippen LogP contribution in [0, 0.1) is 5.92 Å². The van der Waals surface area contributed by atoms with Crippen molar-refractivity contribution in [2.75, 3.05) is 18.0 Å². The molecule has 1 aliphatic rings.